The number of aryl methyl sites for hydroxylation is 3. The van der Waals surface area contributed by atoms with Crippen molar-refractivity contribution in [3.05, 3.63) is 55.9 Å². The Labute approximate surface area is 160 Å². The van der Waals surface area contributed by atoms with Crippen LogP contribution in [-0.4, -0.2) is 15.5 Å². The van der Waals surface area contributed by atoms with E-state index in [9.17, 15) is 9.59 Å². The highest BCUT2D eigenvalue weighted by Crippen LogP contribution is 2.24. The Hall–Kier alpha value is -2.18. The Morgan fingerprint density at radius 2 is 2.08 bits per heavy atom. The molecule has 136 valence electrons. The average Bonchev–Trinajstić information content (AvgIpc) is 3.01. The molecule has 0 aliphatic rings. The predicted octanol–water partition coefficient (Wildman–Crippen LogP) is 4.49. The van der Waals surface area contributed by atoms with E-state index in [1.165, 1.54) is 15.9 Å². The topological polar surface area (TPSA) is 64.0 Å². The quantitative estimate of drug-likeness (QED) is 0.714. The maximum absolute atomic E-state index is 12.9. The molecule has 1 amide bonds. The zero-order chi connectivity index (χ0) is 19.0. The fourth-order valence-corrected chi connectivity index (χ4v) is 3.99. The molecule has 0 radical (unpaired) electrons. The van der Waals surface area contributed by atoms with Crippen LogP contribution in [-0.2, 0) is 11.2 Å². The fraction of sp³-hybridized carbons (Fsp3) is 0.316. The normalized spacial score (nSPS) is 12.3. The van der Waals surface area contributed by atoms with Crippen molar-refractivity contribution >= 4 is 44.7 Å². The molecule has 0 saturated heterocycles. The predicted molar refractivity (Wildman–Crippen MR) is 108 cm³/mol. The van der Waals surface area contributed by atoms with Gasteiger partial charge in [-0.2, -0.15) is 0 Å². The lowest BCUT2D eigenvalue weighted by Gasteiger charge is -2.17. The molecule has 0 aliphatic carbocycles. The minimum absolute atomic E-state index is 0.187. The Balaban J connectivity index is 1.95. The van der Waals surface area contributed by atoms with Crippen LogP contribution in [0.3, 0.4) is 0 Å². The summed E-state index contributed by atoms with van der Waals surface area (Å²) < 4.78 is 1.44. The van der Waals surface area contributed by atoms with Gasteiger partial charge in [0.1, 0.15) is 16.7 Å². The molecule has 7 heteroatoms. The summed E-state index contributed by atoms with van der Waals surface area (Å²) in [6, 6.07) is 6.51. The standard InChI is InChI=1S/C19H20ClN3O2S/c1-5-14-9-15-18(26-14)21-12(4)23(19(15)25)11(3)17(24)22-13-7-6-10(2)16(20)8-13/h6-9,11H,5H2,1-4H3,(H,22,24). The number of carbonyl (C=O) groups excluding carboxylic acids is 1. The van der Waals surface area contributed by atoms with Crippen molar-refractivity contribution in [2.24, 2.45) is 0 Å². The van der Waals surface area contributed by atoms with Crippen molar-refractivity contribution in [3.8, 4) is 0 Å². The number of anilines is 1. The molecule has 0 fully saturated rings. The zero-order valence-electron chi connectivity index (χ0n) is 15.1. The van der Waals surface area contributed by atoms with E-state index in [4.69, 9.17) is 11.6 Å². The lowest BCUT2D eigenvalue weighted by atomic mass is 10.2. The first-order valence-corrected chi connectivity index (χ1v) is 9.59. The minimum atomic E-state index is -0.690. The summed E-state index contributed by atoms with van der Waals surface area (Å²) in [5.74, 6) is 0.235. The molecule has 1 N–H and O–H groups in total. The molecule has 26 heavy (non-hydrogen) atoms. The highest BCUT2D eigenvalue weighted by molar-refractivity contribution is 7.18. The van der Waals surface area contributed by atoms with Gasteiger partial charge in [-0.3, -0.25) is 14.2 Å². The lowest BCUT2D eigenvalue weighted by molar-refractivity contribution is -0.118. The lowest BCUT2D eigenvalue weighted by Crippen LogP contribution is -2.33. The smallest absolute Gasteiger partial charge is 0.263 e. The van der Waals surface area contributed by atoms with Crippen LogP contribution in [0.4, 0.5) is 5.69 Å². The second-order valence-corrected chi connectivity index (χ2v) is 7.77. The number of aromatic nitrogens is 2. The summed E-state index contributed by atoms with van der Waals surface area (Å²) in [6.45, 7) is 7.38. The third-order valence-corrected chi connectivity index (χ3v) is 5.96. The van der Waals surface area contributed by atoms with Crippen molar-refractivity contribution in [1.82, 2.24) is 9.55 Å². The first kappa shape index (κ1) is 18.6. The van der Waals surface area contributed by atoms with Crippen LogP contribution in [0.15, 0.2) is 29.1 Å². The van der Waals surface area contributed by atoms with E-state index < -0.39 is 6.04 Å². The van der Waals surface area contributed by atoms with E-state index in [0.29, 0.717) is 21.9 Å². The van der Waals surface area contributed by atoms with Crippen LogP contribution in [0.2, 0.25) is 5.02 Å². The van der Waals surface area contributed by atoms with Crippen LogP contribution in [0, 0.1) is 13.8 Å². The summed E-state index contributed by atoms with van der Waals surface area (Å²) in [5.41, 5.74) is 1.35. The second kappa shape index (κ2) is 7.21. The maximum Gasteiger partial charge on any atom is 0.263 e. The highest BCUT2D eigenvalue weighted by atomic mass is 35.5. The number of nitrogens with one attached hydrogen (secondary N) is 1. The molecule has 1 unspecified atom stereocenters. The van der Waals surface area contributed by atoms with Gasteiger partial charge >= 0.3 is 0 Å². The molecular weight excluding hydrogens is 370 g/mol. The summed E-state index contributed by atoms with van der Waals surface area (Å²) in [4.78, 5) is 31.9. The summed E-state index contributed by atoms with van der Waals surface area (Å²) in [7, 11) is 0. The van der Waals surface area contributed by atoms with Crippen molar-refractivity contribution in [2.45, 2.75) is 40.2 Å². The van der Waals surface area contributed by atoms with Gasteiger partial charge in [-0.15, -0.1) is 11.3 Å². The van der Waals surface area contributed by atoms with Gasteiger partial charge in [0.15, 0.2) is 0 Å². The minimum Gasteiger partial charge on any atom is -0.324 e. The Kier molecular flexibility index (Phi) is 5.16. The van der Waals surface area contributed by atoms with Gasteiger partial charge in [0.05, 0.1) is 5.39 Å². The molecule has 2 aromatic heterocycles. The second-order valence-electron chi connectivity index (χ2n) is 6.25. The Bertz CT molecular complexity index is 1050. The Morgan fingerprint density at radius 3 is 2.73 bits per heavy atom. The number of carbonyl (C=O) groups is 1. The monoisotopic (exact) mass is 389 g/mol. The Morgan fingerprint density at radius 1 is 1.35 bits per heavy atom. The van der Waals surface area contributed by atoms with E-state index in [1.807, 2.05) is 26.0 Å². The molecule has 1 atom stereocenters. The number of thiophene rings is 1. The number of benzene rings is 1. The van der Waals surface area contributed by atoms with Crippen molar-refractivity contribution in [1.29, 1.82) is 0 Å². The molecule has 0 bridgehead atoms. The van der Waals surface area contributed by atoms with Crippen LogP contribution in [0.25, 0.3) is 10.2 Å². The number of rotatable bonds is 4. The third-order valence-electron chi connectivity index (χ3n) is 4.38. The molecule has 2 heterocycles. The molecule has 3 aromatic rings. The van der Waals surface area contributed by atoms with E-state index in [0.717, 1.165) is 21.7 Å². The van der Waals surface area contributed by atoms with E-state index in [1.54, 1.807) is 26.0 Å². The number of fused-ring (bicyclic) bond motifs is 1. The number of hydrogen-bond donors (Lipinski definition) is 1. The number of hydrogen-bond acceptors (Lipinski definition) is 4. The van der Waals surface area contributed by atoms with E-state index in [2.05, 4.69) is 10.3 Å². The van der Waals surface area contributed by atoms with Gasteiger partial charge in [-0.05, 0) is 51.0 Å². The van der Waals surface area contributed by atoms with Crippen LogP contribution in [0.5, 0.6) is 0 Å². The fourth-order valence-electron chi connectivity index (χ4n) is 2.81. The first-order valence-electron chi connectivity index (χ1n) is 8.40. The largest absolute Gasteiger partial charge is 0.324 e. The number of amides is 1. The maximum atomic E-state index is 12.9. The van der Waals surface area contributed by atoms with Crippen LogP contribution >= 0.6 is 22.9 Å². The van der Waals surface area contributed by atoms with Crippen LogP contribution in [0.1, 0.15) is 36.2 Å². The van der Waals surface area contributed by atoms with Crippen molar-refractivity contribution in [2.75, 3.05) is 5.32 Å². The molecule has 0 saturated carbocycles. The van der Waals surface area contributed by atoms with Gasteiger partial charge in [0.25, 0.3) is 5.56 Å². The van der Waals surface area contributed by atoms with Gasteiger partial charge < -0.3 is 5.32 Å². The van der Waals surface area contributed by atoms with Gasteiger partial charge in [-0.25, -0.2) is 4.98 Å². The van der Waals surface area contributed by atoms with Crippen molar-refractivity contribution in [3.63, 3.8) is 0 Å². The SMILES string of the molecule is CCc1cc2c(=O)n(C(C)C(=O)Nc3ccc(C)c(Cl)c3)c(C)nc2s1. The average molecular weight is 390 g/mol. The summed E-state index contributed by atoms with van der Waals surface area (Å²) in [6.07, 6.45) is 0.851. The summed E-state index contributed by atoms with van der Waals surface area (Å²) in [5, 5.41) is 3.96. The molecule has 5 nitrogen and oxygen atoms in total. The summed E-state index contributed by atoms with van der Waals surface area (Å²) >= 11 is 7.63. The van der Waals surface area contributed by atoms with Gasteiger partial charge in [0.2, 0.25) is 5.91 Å². The van der Waals surface area contributed by atoms with E-state index in [-0.39, 0.29) is 11.5 Å². The third kappa shape index (κ3) is 3.39. The molecular formula is C19H20ClN3O2S. The number of halogens is 1. The zero-order valence-corrected chi connectivity index (χ0v) is 16.7. The van der Waals surface area contributed by atoms with Gasteiger partial charge in [0, 0.05) is 15.6 Å². The first-order chi connectivity index (χ1) is 12.3. The molecule has 0 aliphatic heterocycles. The van der Waals surface area contributed by atoms with Crippen LogP contribution < -0.4 is 10.9 Å². The van der Waals surface area contributed by atoms with Gasteiger partial charge in [-0.1, -0.05) is 24.6 Å². The van der Waals surface area contributed by atoms with E-state index >= 15 is 0 Å². The van der Waals surface area contributed by atoms with Crippen molar-refractivity contribution < 1.29 is 4.79 Å². The number of nitrogens with zero attached hydrogens (tertiary/aromatic N) is 2. The molecule has 3 rings (SSSR count). The molecule has 0 spiro atoms. The molecule has 1 aromatic carbocycles. The highest BCUT2D eigenvalue weighted by Gasteiger charge is 2.21.